The summed E-state index contributed by atoms with van der Waals surface area (Å²) in [5.41, 5.74) is 4.47. The Morgan fingerprint density at radius 1 is 1.16 bits per heavy atom. The van der Waals surface area contributed by atoms with E-state index >= 15 is 0 Å². The molecular formula is C24H50N3O8PS. The van der Waals surface area contributed by atoms with Gasteiger partial charge in [0.2, 0.25) is 11.8 Å². The van der Waals surface area contributed by atoms with Gasteiger partial charge in [-0.15, -0.1) is 0 Å². The standard InChI is InChI=1S/C13H23N2O6PS.C11H21NO2.3H2/c1-9(16)23-7-6-14-10(17)4-5-15-12(19)11(18)13(2,3)8-21-22-20;1-9(12)11(13)14-8-7-10-5-3-2-4-6-10;;;/h11,18H,4-8H2,1-3H3,(H,14,17)(H,15,19);9-10H,2-8,12H2,1H3;3*1H/t11-;9-;;;/m00.../s1. The first-order valence-corrected chi connectivity index (χ1v) is 14.3. The molecule has 5 N–H and O–H groups in total. The van der Waals surface area contributed by atoms with E-state index in [1.165, 1.54) is 39.0 Å². The number of nitrogens with two attached hydrogens (primary N) is 1. The van der Waals surface area contributed by atoms with Crippen LogP contribution in [0.15, 0.2) is 0 Å². The van der Waals surface area contributed by atoms with E-state index in [1.54, 1.807) is 20.8 Å². The predicted octanol–water partition coefficient (Wildman–Crippen LogP) is 3.08. The average molecular weight is 572 g/mol. The second-order valence-electron chi connectivity index (χ2n) is 9.72. The highest BCUT2D eigenvalue weighted by atomic mass is 32.2. The zero-order valence-electron chi connectivity index (χ0n) is 22.5. The van der Waals surface area contributed by atoms with Gasteiger partial charge in [-0.2, -0.15) is 0 Å². The van der Waals surface area contributed by atoms with Crippen LogP contribution in [0.4, 0.5) is 0 Å². The lowest BCUT2D eigenvalue weighted by Gasteiger charge is -2.27. The van der Waals surface area contributed by atoms with Crippen molar-refractivity contribution in [1.29, 1.82) is 0 Å². The third-order valence-electron chi connectivity index (χ3n) is 5.73. The highest BCUT2D eigenvalue weighted by Gasteiger charge is 2.34. The van der Waals surface area contributed by atoms with E-state index in [-0.39, 0.29) is 40.8 Å². The molecule has 37 heavy (non-hydrogen) atoms. The van der Waals surface area contributed by atoms with Gasteiger partial charge < -0.3 is 26.2 Å². The van der Waals surface area contributed by atoms with Crippen molar-refractivity contribution in [3.05, 3.63) is 0 Å². The number of hydrogen-bond acceptors (Lipinski definition) is 10. The number of hydrogen-bond donors (Lipinski definition) is 4. The number of aliphatic hydroxyl groups is 1. The van der Waals surface area contributed by atoms with Gasteiger partial charge in [0.05, 0.1) is 13.2 Å². The number of ether oxygens (including phenoxy) is 1. The molecule has 11 nitrogen and oxygen atoms in total. The molecule has 1 aliphatic carbocycles. The summed E-state index contributed by atoms with van der Waals surface area (Å²) in [6, 6.07) is -0.485. The van der Waals surface area contributed by atoms with E-state index in [2.05, 4.69) is 15.2 Å². The Morgan fingerprint density at radius 2 is 1.81 bits per heavy atom. The minimum absolute atomic E-state index is 0. The SMILES string of the molecule is CC(=O)SCCNC(=O)CCNC(=O)[C@H](O)C(C)(C)COP=O.C[C@H](N)C(=O)OCCC1CCCCC1.[HH].[HH].[HH]. The maximum absolute atomic E-state index is 11.8. The van der Waals surface area contributed by atoms with Crippen molar-refractivity contribution in [2.24, 2.45) is 17.1 Å². The maximum atomic E-state index is 11.8. The van der Waals surface area contributed by atoms with Gasteiger partial charge in [0.25, 0.3) is 0 Å². The molecule has 0 spiro atoms. The van der Waals surface area contributed by atoms with Gasteiger partial charge in [-0.05, 0) is 19.3 Å². The van der Waals surface area contributed by atoms with Gasteiger partial charge in [-0.3, -0.25) is 23.7 Å². The van der Waals surface area contributed by atoms with Gasteiger partial charge in [-0.1, -0.05) is 57.7 Å². The Bertz CT molecular complexity index is 733. The zero-order valence-corrected chi connectivity index (χ0v) is 24.2. The molecule has 13 heteroatoms. The van der Waals surface area contributed by atoms with E-state index in [4.69, 9.17) is 10.5 Å². The Balaban J connectivity index is -0.000000330. The quantitative estimate of drug-likeness (QED) is 0.130. The maximum Gasteiger partial charge on any atom is 0.327 e. The number of nitrogens with one attached hydrogen (secondary N) is 2. The fraction of sp³-hybridized carbons (Fsp3) is 0.833. The van der Waals surface area contributed by atoms with E-state index in [0.717, 1.165) is 24.1 Å². The van der Waals surface area contributed by atoms with Gasteiger partial charge in [0.1, 0.15) is 12.1 Å². The third-order valence-corrected chi connectivity index (χ3v) is 6.77. The minimum atomic E-state index is -1.35. The zero-order chi connectivity index (χ0) is 28.3. The number of esters is 1. The number of rotatable bonds is 15. The van der Waals surface area contributed by atoms with Crippen LogP contribution in [0.25, 0.3) is 0 Å². The van der Waals surface area contributed by atoms with E-state index in [9.17, 15) is 28.8 Å². The largest absolute Gasteiger partial charge is 0.465 e. The lowest BCUT2D eigenvalue weighted by molar-refractivity contribution is -0.145. The Labute approximate surface area is 230 Å². The smallest absolute Gasteiger partial charge is 0.327 e. The number of carbonyl (C=O) groups is 4. The molecule has 0 bridgehead atoms. The first-order valence-electron chi connectivity index (χ1n) is 12.6. The molecule has 1 saturated carbocycles. The second-order valence-corrected chi connectivity index (χ2v) is 11.4. The van der Waals surface area contributed by atoms with E-state index in [1.807, 2.05) is 0 Å². The molecule has 0 aromatic heterocycles. The summed E-state index contributed by atoms with van der Waals surface area (Å²) in [6.45, 7) is 7.26. The normalized spacial score (nSPS) is 15.6. The van der Waals surface area contributed by atoms with Crippen LogP contribution < -0.4 is 16.4 Å². The van der Waals surface area contributed by atoms with Crippen molar-refractivity contribution in [2.45, 2.75) is 84.8 Å². The van der Waals surface area contributed by atoms with Crippen LogP contribution in [-0.2, 0) is 33.0 Å². The number of amides is 2. The molecule has 220 valence electrons. The number of thioether (sulfide) groups is 1. The summed E-state index contributed by atoms with van der Waals surface area (Å²) in [5, 5.41) is 15.0. The molecule has 1 rings (SSSR count). The summed E-state index contributed by atoms with van der Waals surface area (Å²) >= 11 is 1.12. The van der Waals surface area contributed by atoms with Crippen LogP contribution >= 0.6 is 20.4 Å². The molecule has 0 aliphatic heterocycles. The van der Waals surface area contributed by atoms with Gasteiger partial charge in [0, 0.05) is 41.9 Å². The topological polar surface area (TPSA) is 174 Å². The lowest BCUT2D eigenvalue weighted by Crippen LogP contribution is -2.46. The molecule has 1 aliphatic rings. The molecule has 0 aromatic rings. The number of aliphatic hydroxyl groups excluding tert-OH is 1. The molecule has 0 heterocycles. The molecule has 2 atom stereocenters. The first kappa shape index (κ1) is 35.4. The first-order chi connectivity index (χ1) is 17.4. The average Bonchev–Trinajstić information content (AvgIpc) is 2.85. The van der Waals surface area contributed by atoms with E-state index < -0.39 is 32.2 Å². The highest BCUT2D eigenvalue weighted by Crippen LogP contribution is 2.26. The fourth-order valence-corrected chi connectivity index (χ4v) is 4.31. The van der Waals surface area contributed by atoms with Gasteiger partial charge >= 0.3 is 14.7 Å². The molecule has 0 saturated heterocycles. The Morgan fingerprint density at radius 3 is 2.38 bits per heavy atom. The fourth-order valence-electron chi connectivity index (χ4n) is 3.43. The van der Waals surface area contributed by atoms with Crippen LogP contribution in [0.2, 0.25) is 0 Å². The van der Waals surface area contributed by atoms with Gasteiger partial charge in [-0.25, -0.2) is 4.57 Å². The van der Waals surface area contributed by atoms with Crippen molar-refractivity contribution >= 4 is 43.3 Å². The van der Waals surface area contributed by atoms with Crippen molar-refractivity contribution in [3.63, 3.8) is 0 Å². The van der Waals surface area contributed by atoms with Crippen LogP contribution in [0, 0.1) is 11.3 Å². The summed E-state index contributed by atoms with van der Waals surface area (Å²) in [5.74, 6) is 0.113. The molecular weight excluding hydrogens is 521 g/mol. The summed E-state index contributed by atoms with van der Waals surface area (Å²) < 4.78 is 20.0. The summed E-state index contributed by atoms with van der Waals surface area (Å²) in [4.78, 5) is 45.0. The summed E-state index contributed by atoms with van der Waals surface area (Å²) in [7, 11) is -0.517. The Kier molecular flexibility index (Phi) is 19.5. The van der Waals surface area contributed by atoms with Crippen LogP contribution in [0.5, 0.6) is 0 Å². The lowest BCUT2D eigenvalue weighted by atomic mass is 9.87. The molecule has 0 aromatic carbocycles. The summed E-state index contributed by atoms with van der Waals surface area (Å²) in [6.07, 6.45) is 6.39. The van der Waals surface area contributed by atoms with Crippen LogP contribution in [0.1, 0.15) is 76.9 Å². The van der Waals surface area contributed by atoms with Crippen LogP contribution in [-0.4, -0.2) is 72.2 Å². The molecule has 0 unspecified atom stereocenters. The van der Waals surface area contributed by atoms with Crippen molar-refractivity contribution in [3.8, 4) is 0 Å². The monoisotopic (exact) mass is 571 g/mol. The molecule has 0 radical (unpaired) electrons. The highest BCUT2D eigenvalue weighted by molar-refractivity contribution is 8.13. The molecule has 2 amide bonds. The molecule has 1 fully saturated rings. The third kappa shape index (κ3) is 18.3. The predicted molar refractivity (Wildman–Crippen MR) is 149 cm³/mol. The minimum Gasteiger partial charge on any atom is -0.465 e. The van der Waals surface area contributed by atoms with E-state index in [0.29, 0.717) is 18.9 Å². The number of carbonyl (C=O) groups excluding carboxylic acids is 4. The van der Waals surface area contributed by atoms with Crippen LogP contribution in [0.3, 0.4) is 0 Å². The van der Waals surface area contributed by atoms with Crippen molar-refractivity contribution in [2.75, 3.05) is 32.1 Å². The van der Waals surface area contributed by atoms with Crippen molar-refractivity contribution in [1.82, 2.24) is 10.6 Å². The Hall–Kier alpha value is -1.59. The second kappa shape index (κ2) is 20.4. The van der Waals surface area contributed by atoms with Crippen molar-refractivity contribution < 1.29 is 42.4 Å². The van der Waals surface area contributed by atoms with Gasteiger partial charge in [0.15, 0.2) is 5.12 Å².